The van der Waals surface area contributed by atoms with Crippen LogP contribution in [-0.4, -0.2) is 44.7 Å². The van der Waals surface area contributed by atoms with E-state index in [-0.39, 0.29) is 16.7 Å². The molecule has 0 spiro atoms. The normalized spacial score (nSPS) is 14.7. The van der Waals surface area contributed by atoms with Gasteiger partial charge in [-0.25, -0.2) is 8.42 Å². The molecule has 0 bridgehead atoms. The van der Waals surface area contributed by atoms with Crippen LogP contribution in [0.15, 0.2) is 34.5 Å². The summed E-state index contributed by atoms with van der Waals surface area (Å²) in [5.41, 5.74) is 1.01. The molecular formula is C17H17Cl2N3O4S2. The van der Waals surface area contributed by atoms with E-state index in [0.29, 0.717) is 33.7 Å². The van der Waals surface area contributed by atoms with E-state index < -0.39 is 15.9 Å². The minimum absolute atomic E-state index is 0.0131. The average Bonchev–Trinajstić information content (AvgIpc) is 3.24. The Labute approximate surface area is 176 Å². The second-order valence-electron chi connectivity index (χ2n) is 6.18. The molecule has 1 saturated heterocycles. The fourth-order valence-corrected chi connectivity index (χ4v) is 5.89. The Morgan fingerprint density at radius 3 is 2.61 bits per heavy atom. The number of benzene rings is 1. The molecule has 28 heavy (non-hydrogen) atoms. The molecular weight excluding hydrogens is 445 g/mol. The van der Waals surface area contributed by atoms with E-state index in [0.717, 1.165) is 22.1 Å². The zero-order valence-corrected chi connectivity index (χ0v) is 18.0. The van der Waals surface area contributed by atoms with Gasteiger partial charge in [0, 0.05) is 25.7 Å². The molecule has 1 aromatic heterocycles. The molecule has 3 rings (SSSR count). The van der Waals surface area contributed by atoms with Crippen LogP contribution < -0.4 is 10.2 Å². The van der Waals surface area contributed by atoms with Gasteiger partial charge in [-0.2, -0.15) is 4.31 Å². The summed E-state index contributed by atoms with van der Waals surface area (Å²) >= 11 is 13.0. The molecule has 2 amide bonds. The van der Waals surface area contributed by atoms with Crippen molar-refractivity contribution in [1.29, 1.82) is 0 Å². The number of halogens is 2. The smallest absolute Gasteiger partial charge is 0.252 e. The van der Waals surface area contributed by atoms with Gasteiger partial charge in [0.05, 0.1) is 21.6 Å². The highest BCUT2D eigenvalue weighted by Gasteiger charge is 2.26. The van der Waals surface area contributed by atoms with Crippen molar-refractivity contribution in [2.45, 2.75) is 17.1 Å². The van der Waals surface area contributed by atoms with Gasteiger partial charge in [0.25, 0.3) is 10.0 Å². The molecule has 11 heteroatoms. The quantitative estimate of drug-likeness (QED) is 0.713. The van der Waals surface area contributed by atoms with Crippen molar-refractivity contribution in [3.63, 3.8) is 0 Å². The average molecular weight is 462 g/mol. The zero-order valence-electron chi connectivity index (χ0n) is 14.8. The lowest BCUT2D eigenvalue weighted by molar-refractivity contribution is -0.117. The van der Waals surface area contributed by atoms with Crippen molar-refractivity contribution in [1.82, 2.24) is 4.31 Å². The zero-order chi connectivity index (χ0) is 20.5. The molecule has 7 nitrogen and oxygen atoms in total. The Morgan fingerprint density at radius 1 is 1.29 bits per heavy atom. The van der Waals surface area contributed by atoms with Crippen molar-refractivity contribution < 1.29 is 18.0 Å². The summed E-state index contributed by atoms with van der Waals surface area (Å²) in [6, 6.07) is 7.71. The molecule has 1 aliphatic rings. The molecule has 0 radical (unpaired) electrons. The van der Waals surface area contributed by atoms with Gasteiger partial charge in [0.2, 0.25) is 11.8 Å². The Balaban J connectivity index is 1.66. The van der Waals surface area contributed by atoms with Crippen molar-refractivity contribution in [3.8, 4) is 0 Å². The third-order valence-corrected chi connectivity index (χ3v) is 7.98. The number of thiophene rings is 1. The molecule has 150 valence electrons. The molecule has 1 N–H and O–H groups in total. The van der Waals surface area contributed by atoms with Crippen LogP contribution in [0.25, 0.3) is 0 Å². The Morgan fingerprint density at radius 2 is 2.04 bits per heavy atom. The molecule has 0 saturated carbocycles. The molecule has 0 unspecified atom stereocenters. The molecule has 1 aromatic carbocycles. The van der Waals surface area contributed by atoms with Crippen molar-refractivity contribution in [2.24, 2.45) is 0 Å². The highest BCUT2D eigenvalue weighted by atomic mass is 35.5. The summed E-state index contributed by atoms with van der Waals surface area (Å²) in [5.74, 6) is -0.506. The third-order valence-electron chi connectivity index (χ3n) is 4.18. The van der Waals surface area contributed by atoms with Gasteiger partial charge in [-0.3, -0.25) is 9.59 Å². The Bertz CT molecular complexity index is 1020. The minimum atomic E-state index is -3.80. The van der Waals surface area contributed by atoms with E-state index in [1.165, 1.54) is 25.2 Å². The van der Waals surface area contributed by atoms with Gasteiger partial charge in [-0.15, -0.1) is 11.3 Å². The van der Waals surface area contributed by atoms with Crippen LogP contribution in [0.2, 0.25) is 9.36 Å². The first-order valence-electron chi connectivity index (χ1n) is 8.30. The first kappa shape index (κ1) is 21.1. The van der Waals surface area contributed by atoms with Crippen molar-refractivity contribution in [3.05, 3.63) is 39.7 Å². The van der Waals surface area contributed by atoms with Crippen molar-refractivity contribution >= 4 is 67.8 Å². The predicted molar refractivity (Wildman–Crippen MR) is 111 cm³/mol. The number of hydrogen-bond acceptors (Lipinski definition) is 5. The number of rotatable bonds is 6. The molecule has 1 aliphatic heterocycles. The number of hydrogen-bond donors (Lipinski definition) is 1. The van der Waals surface area contributed by atoms with Crippen molar-refractivity contribution in [2.75, 3.05) is 30.4 Å². The summed E-state index contributed by atoms with van der Waals surface area (Å²) in [5, 5.41) is 2.95. The number of sulfonamides is 1. The van der Waals surface area contributed by atoms with Gasteiger partial charge in [0.1, 0.15) is 4.21 Å². The van der Waals surface area contributed by atoms with E-state index in [1.54, 1.807) is 17.0 Å². The molecule has 0 aliphatic carbocycles. The first-order chi connectivity index (χ1) is 13.2. The van der Waals surface area contributed by atoms with E-state index in [9.17, 15) is 18.0 Å². The highest BCUT2D eigenvalue weighted by Crippen LogP contribution is 2.32. The van der Waals surface area contributed by atoms with Gasteiger partial charge in [0.15, 0.2) is 0 Å². The van der Waals surface area contributed by atoms with Gasteiger partial charge >= 0.3 is 0 Å². The van der Waals surface area contributed by atoms with Crippen LogP contribution in [0.1, 0.15) is 12.8 Å². The van der Waals surface area contributed by atoms with Crippen LogP contribution in [-0.2, 0) is 19.6 Å². The van der Waals surface area contributed by atoms with Crippen LogP contribution in [0.4, 0.5) is 11.4 Å². The topological polar surface area (TPSA) is 86.8 Å². The predicted octanol–water partition coefficient (Wildman–Crippen LogP) is 3.44. The number of likely N-dealkylation sites (N-methyl/N-ethyl adjacent to an activating group) is 1. The van der Waals surface area contributed by atoms with Gasteiger partial charge in [-0.1, -0.05) is 23.2 Å². The number of amides is 2. The maximum atomic E-state index is 12.4. The third kappa shape index (κ3) is 4.49. The summed E-state index contributed by atoms with van der Waals surface area (Å²) in [6.45, 7) is 0.238. The minimum Gasteiger partial charge on any atom is -0.325 e. The lowest BCUT2D eigenvalue weighted by Crippen LogP contribution is -2.34. The van der Waals surface area contributed by atoms with Crippen LogP contribution in [0, 0.1) is 0 Å². The van der Waals surface area contributed by atoms with E-state index in [4.69, 9.17) is 23.2 Å². The SMILES string of the molecule is CN(CC(=O)Nc1ccc(N2CCCC2=O)c(Cl)c1)S(=O)(=O)c1ccc(Cl)s1. The molecule has 1 fully saturated rings. The van der Waals surface area contributed by atoms with Gasteiger partial charge < -0.3 is 10.2 Å². The Kier molecular flexibility index (Phi) is 6.31. The number of carbonyl (C=O) groups excluding carboxylic acids is 2. The largest absolute Gasteiger partial charge is 0.325 e. The fourth-order valence-electron chi connectivity index (χ4n) is 2.78. The van der Waals surface area contributed by atoms with E-state index >= 15 is 0 Å². The molecule has 2 aromatic rings. The Hall–Kier alpha value is -1.65. The fraction of sp³-hybridized carbons (Fsp3) is 0.294. The maximum Gasteiger partial charge on any atom is 0.252 e. The number of nitrogens with zero attached hydrogens (tertiary/aromatic N) is 2. The maximum absolute atomic E-state index is 12.4. The van der Waals surface area contributed by atoms with E-state index in [2.05, 4.69) is 5.32 Å². The number of nitrogens with one attached hydrogen (secondary N) is 1. The highest BCUT2D eigenvalue weighted by molar-refractivity contribution is 7.91. The first-order valence-corrected chi connectivity index (χ1v) is 11.3. The monoisotopic (exact) mass is 461 g/mol. The van der Waals surface area contributed by atoms with E-state index in [1.807, 2.05) is 0 Å². The second kappa shape index (κ2) is 8.38. The number of carbonyl (C=O) groups is 2. The second-order valence-corrected chi connectivity index (χ2v) is 10.6. The van der Waals surface area contributed by atoms with Crippen LogP contribution in [0.5, 0.6) is 0 Å². The molecule has 0 atom stereocenters. The molecule has 2 heterocycles. The van der Waals surface area contributed by atoms with Crippen LogP contribution >= 0.6 is 34.5 Å². The summed E-state index contributed by atoms with van der Waals surface area (Å²) in [4.78, 5) is 25.7. The summed E-state index contributed by atoms with van der Waals surface area (Å²) < 4.78 is 26.3. The van der Waals surface area contributed by atoms with Crippen LogP contribution in [0.3, 0.4) is 0 Å². The number of anilines is 2. The lowest BCUT2D eigenvalue weighted by atomic mass is 10.2. The van der Waals surface area contributed by atoms with Gasteiger partial charge in [-0.05, 0) is 36.8 Å². The standard InChI is InChI=1S/C17H17Cl2N3O4S2/c1-21(28(25,26)17-7-6-14(19)27-17)10-15(23)20-11-4-5-13(12(18)9-11)22-8-2-3-16(22)24/h4-7,9H,2-3,8,10H2,1H3,(H,20,23). The summed E-state index contributed by atoms with van der Waals surface area (Å²) in [6.07, 6.45) is 1.27. The summed E-state index contributed by atoms with van der Waals surface area (Å²) in [7, 11) is -2.48. The lowest BCUT2D eigenvalue weighted by Gasteiger charge is -2.19.